The number of halogens is 2. The molecule has 1 atom stereocenters. The highest BCUT2D eigenvalue weighted by atomic mass is 35.5. The average molecular weight is 676 g/mol. The summed E-state index contributed by atoms with van der Waals surface area (Å²) in [6.07, 6.45) is 4.94. The molecular weight excluding hydrogens is 637 g/mol. The Hall–Kier alpha value is -4.21. The Morgan fingerprint density at radius 2 is 1.51 bits per heavy atom. The van der Waals surface area contributed by atoms with E-state index in [2.05, 4.69) is 5.32 Å². The number of rotatable bonds is 12. The van der Waals surface area contributed by atoms with Crippen molar-refractivity contribution >= 4 is 39.1 Å². The molecule has 0 bridgehead atoms. The number of para-hydroxylation sites is 1. The quantitative estimate of drug-likeness (QED) is 0.174. The van der Waals surface area contributed by atoms with E-state index in [0.717, 1.165) is 42.0 Å². The molecule has 7 nitrogen and oxygen atoms in total. The van der Waals surface area contributed by atoms with Crippen molar-refractivity contribution < 1.29 is 22.4 Å². The number of hydrogen-bond donors (Lipinski definition) is 1. The SMILES string of the molecule is Cc1ccccc1N(CC(=O)N(Cc1ccccc1F)[C@H](Cc1ccccc1)C(=O)NC1CCCCC1)S(=O)(=O)c1ccc(Cl)cc1. The first kappa shape index (κ1) is 34.1. The van der Waals surface area contributed by atoms with Crippen molar-refractivity contribution in [3.05, 3.63) is 131 Å². The third-order valence-electron chi connectivity index (χ3n) is 8.59. The molecule has 0 unspecified atom stereocenters. The molecule has 0 spiro atoms. The second-order valence-electron chi connectivity index (χ2n) is 11.9. The van der Waals surface area contributed by atoms with E-state index < -0.39 is 34.3 Å². The van der Waals surface area contributed by atoms with Crippen LogP contribution in [0.5, 0.6) is 0 Å². The van der Waals surface area contributed by atoms with Crippen molar-refractivity contribution in [1.29, 1.82) is 0 Å². The van der Waals surface area contributed by atoms with Crippen molar-refractivity contribution in [1.82, 2.24) is 10.2 Å². The highest BCUT2D eigenvalue weighted by Gasteiger charge is 2.36. The Bertz CT molecular complexity index is 1780. The molecule has 1 N–H and O–H groups in total. The molecule has 0 heterocycles. The van der Waals surface area contributed by atoms with Crippen LogP contribution in [0.4, 0.5) is 10.1 Å². The number of aryl methyl sites for hydroxylation is 1. The molecule has 0 radical (unpaired) electrons. The van der Waals surface area contributed by atoms with Gasteiger partial charge in [0.1, 0.15) is 18.4 Å². The zero-order valence-electron chi connectivity index (χ0n) is 26.3. The van der Waals surface area contributed by atoms with E-state index in [1.165, 1.54) is 35.2 Å². The largest absolute Gasteiger partial charge is 0.352 e. The highest BCUT2D eigenvalue weighted by molar-refractivity contribution is 7.92. The van der Waals surface area contributed by atoms with E-state index in [1.807, 2.05) is 30.3 Å². The van der Waals surface area contributed by atoms with Crippen molar-refractivity contribution in [2.45, 2.75) is 69.0 Å². The zero-order chi connectivity index (χ0) is 33.4. The maximum absolute atomic E-state index is 15.1. The number of anilines is 1. The number of benzene rings is 4. The van der Waals surface area contributed by atoms with E-state index in [0.29, 0.717) is 16.3 Å². The van der Waals surface area contributed by atoms with Gasteiger partial charge in [-0.25, -0.2) is 12.8 Å². The molecule has 10 heteroatoms. The Balaban J connectivity index is 1.58. The normalized spacial score (nSPS) is 14.3. The molecule has 1 aliphatic carbocycles. The maximum Gasteiger partial charge on any atom is 0.264 e. The summed E-state index contributed by atoms with van der Waals surface area (Å²) in [5.74, 6) is -1.52. The molecule has 1 fully saturated rings. The highest BCUT2D eigenvalue weighted by Crippen LogP contribution is 2.29. The van der Waals surface area contributed by atoms with Gasteiger partial charge in [0.15, 0.2) is 0 Å². The molecule has 4 aromatic carbocycles. The Morgan fingerprint density at radius 1 is 0.872 bits per heavy atom. The summed E-state index contributed by atoms with van der Waals surface area (Å²) in [4.78, 5) is 30.0. The van der Waals surface area contributed by atoms with Gasteiger partial charge in [0.25, 0.3) is 10.0 Å². The first-order chi connectivity index (χ1) is 22.6. The molecule has 1 saturated carbocycles. The Kier molecular flexibility index (Phi) is 11.3. The Morgan fingerprint density at radius 3 is 2.19 bits per heavy atom. The minimum Gasteiger partial charge on any atom is -0.352 e. The standard InChI is InChI=1S/C37H39ClFN3O4S/c1-27-12-8-11-19-34(27)42(47(45,46)32-22-20-30(38)21-23-32)26-36(43)41(25-29-15-9-10-18-33(29)39)35(24-28-13-4-2-5-14-28)37(44)40-31-16-6-3-7-17-31/h2,4-5,8-15,18-23,31,35H,3,6-7,16-17,24-26H2,1H3,(H,40,44)/t35-/m1/s1. The summed E-state index contributed by atoms with van der Waals surface area (Å²) in [7, 11) is -4.28. The van der Waals surface area contributed by atoms with Gasteiger partial charge in [-0.15, -0.1) is 0 Å². The van der Waals surface area contributed by atoms with Crippen molar-refractivity contribution in [2.24, 2.45) is 0 Å². The van der Waals surface area contributed by atoms with Crippen LogP contribution in [0.25, 0.3) is 0 Å². The number of nitrogens with one attached hydrogen (secondary N) is 1. The number of amides is 2. The number of carbonyl (C=O) groups is 2. The summed E-state index contributed by atoms with van der Waals surface area (Å²) in [6, 6.07) is 26.9. The van der Waals surface area contributed by atoms with Gasteiger partial charge in [0.2, 0.25) is 11.8 Å². The number of carbonyl (C=O) groups excluding carboxylic acids is 2. The van der Waals surface area contributed by atoms with E-state index >= 15 is 4.39 Å². The number of hydrogen-bond acceptors (Lipinski definition) is 4. The van der Waals surface area contributed by atoms with E-state index in [1.54, 1.807) is 49.4 Å². The van der Waals surface area contributed by atoms with Gasteiger partial charge < -0.3 is 10.2 Å². The fourth-order valence-electron chi connectivity index (χ4n) is 6.00. The zero-order valence-corrected chi connectivity index (χ0v) is 27.9. The number of nitrogens with zero attached hydrogens (tertiary/aromatic N) is 2. The second kappa shape index (κ2) is 15.6. The fraction of sp³-hybridized carbons (Fsp3) is 0.297. The predicted octanol–water partition coefficient (Wildman–Crippen LogP) is 7.07. The van der Waals surface area contributed by atoms with Gasteiger partial charge in [-0.3, -0.25) is 13.9 Å². The van der Waals surface area contributed by atoms with Gasteiger partial charge in [-0.1, -0.05) is 97.6 Å². The van der Waals surface area contributed by atoms with Crippen LogP contribution in [0.15, 0.2) is 108 Å². The summed E-state index contributed by atoms with van der Waals surface area (Å²) in [6.45, 7) is 0.910. The van der Waals surface area contributed by atoms with Gasteiger partial charge in [-0.05, 0) is 67.3 Å². The molecule has 1 aliphatic rings. The van der Waals surface area contributed by atoms with Crippen molar-refractivity contribution in [3.8, 4) is 0 Å². The lowest BCUT2D eigenvalue weighted by Crippen LogP contribution is -2.55. The summed E-state index contributed by atoms with van der Waals surface area (Å²) >= 11 is 6.06. The fourth-order valence-corrected chi connectivity index (χ4v) is 7.60. The molecule has 4 aromatic rings. The van der Waals surface area contributed by atoms with Crippen molar-refractivity contribution in [2.75, 3.05) is 10.8 Å². The first-order valence-electron chi connectivity index (χ1n) is 15.8. The van der Waals surface area contributed by atoms with E-state index in [9.17, 15) is 18.0 Å². The summed E-state index contributed by atoms with van der Waals surface area (Å²) in [5, 5.41) is 3.53. The minimum atomic E-state index is -4.28. The molecule has 246 valence electrons. The Labute approximate surface area is 281 Å². The summed E-state index contributed by atoms with van der Waals surface area (Å²) in [5.41, 5.74) is 1.97. The molecule has 0 aliphatic heterocycles. The molecular formula is C37H39ClFN3O4S. The monoisotopic (exact) mass is 675 g/mol. The molecule has 47 heavy (non-hydrogen) atoms. The number of sulfonamides is 1. The van der Waals surface area contributed by atoms with Gasteiger partial charge in [0, 0.05) is 29.6 Å². The van der Waals surface area contributed by atoms with Crippen LogP contribution in [0, 0.1) is 12.7 Å². The molecule has 0 saturated heterocycles. The van der Waals surface area contributed by atoms with Gasteiger partial charge in [0.05, 0.1) is 10.6 Å². The first-order valence-corrected chi connectivity index (χ1v) is 17.7. The second-order valence-corrected chi connectivity index (χ2v) is 14.2. The lowest BCUT2D eigenvalue weighted by molar-refractivity contribution is -0.140. The van der Waals surface area contributed by atoms with Crippen LogP contribution in [0.3, 0.4) is 0 Å². The average Bonchev–Trinajstić information content (AvgIpc) is 3.07. The van der Waals surface area contributed by atoms with E-state index in [4.69, 9.17) is 11.6 Å². The third-order valence-corrected chi connectivity index (χ3v) is 10.6. The molecule has 2 amide bonds. The molecule has 0 aromatic heterocycles. The smallest absolute Gasteiger partial charge is 0.264 e. The maximum atomic E-state index is 15.1. The predicted molar refractivity (Wildman–Crippen MR) is 183 cm³/mol. The van der Waals surface area contributed by atoms with E-state index in [-0.39, 0.29) is 35.4 Å². The minimum absolute atomic E-state index is 0.0336. The van der Waals surface area contributed by atoms with Crippen LogP contribution < -0.4 is 9.62 Å². The van der Waals surface area contributed by atoms with Crippen LogP contribution in [-0.4, -0.2) is 43.8 Å². The lowest BCUT2D eigenvalue weighted by Gasteiger charge is -2.35. The lowest BCUT2D eigenvalue weighted by atomic mass is 9.94. The van der Waals surface area contributed by atoms with Crippen LogP contribution >= 0.6 is 11.6 Å². The van der Waals surface area contributed by atoms with Crippen LogP contribution in [-0.2, 0) is 32.6 Å². The summed E-state index contributed by atoms with van der Waals surface area (Å²) < 4.78 is 44.6. The molecule has 5 rings (SSSR count). The van der Waals surface area contributed by atoms with Crippen LogP contribution in [0.2, 0.25) is 5.02 Å². The van der Waals surface area contributed by atoms with Gasteiger partial charge in [-0.2, -0.15) is 0 Å². The van der Waals surface area contributed by atoms with Crippen LogP contribution in [0.1, 0.15) is 48.8 Å². The third kappa shape index (κ3) is 8.58. The van der Waals surface area contributed by atoms with Gasteiger partial charge >= 0.3 is 0 Å². The van der Waals surface area contributed by atoms with Crippen molar-refractivity contribution in [3.63, 3.8) is 0 Å². The topological polar surface area (TPSA) is 86.8 Å².